The van der Waals surface area contributed by atoms with Gasteiger partial charge in [0.2, 0.25) is 0 Å². The molecule has 0 aromatic heterocycles. The number of hydrogen-bond acceptors (Lipinski definition) is 2. The van der Waals surface area contributed by atoms with Crippen LogP contribution in [0.4, 0.5) is 0 Å². The van der Waals surface area contributed by atoms with Crippen LogP contribution in [0.5, 0.6) is 0 Å². The number of hydrogen-bond donors (Lipinski definition) is 1. The van der Waals surface area contributed by atoms with Crippen molar-refractivity contribution in [1.82, 2.24) is 0 Å². The molecule has 0 amide bonds. The first kappa shape index (κ1) is 24.7. The fourth-order valence-corrected chi connectivity index (χ4v) is 9.32. The van der Waals surface area contributed by atoms with E-state index in [0.717, 1.165) is 32.1 Å². The number of Topliss-reactive ketones (excluding diaryl/α,β-unsaturated/α-hetero) is 1. The standard InChI is InChI=1S/C30H46O3/c1-19(9-8-10-20(2)26(32)33)21-13-17-30(7)23-11-12-24-27(3,4)25(31)15-16-28(24,5)22(23)14-18-29(21,30)6/h10-11,19,21-22,24H,8-9,12-18H2,1-7H3,(H,32,33)/b20-10-/t19-,21-,22-,24-,28+,29-,30+/m0/s1. The quantitative estimate of drug-likeness (QED) is 0.343. The SMILES string of the molecule is C/C(=C/CC[C@H](C)[C@@H]1CC[C@]2(C)C3=CC[C@H]4C(C)(C)C(=O)CC[C@]4(C)[C@H]3CC[C@@]12C)C(=O)O. The lowest BCUT2D eigenvalue weighted by Crippen LogP contribution is -2.57. The smallest absolute Gasteiger partial charge is 0.330 e. The second-order valence-electron chi connectivity index (χ2n) is 13.3. The van der Waals surface area contributed by atoms with Gasteiger partial charge in [-0.05, 0) is 98.2 Å². The third-order valence-corrected chi connectivity index (χ3v) is 11.7. The fraction of sp³-hybridized carbons (Fsp3) is 0.800. The topological polar surface area (TPSA) is 54.4 Å². The highest BCUT2D eigenvalue weighted by molar-refractivity contribution is 5.86. The Morgan fingerprint density at radius 1 is 1.15 bits per heavy atom. The molecule has 1 N–H and O–H groups in total. The number of ketones is 1. The molecule has 0 saturated heterocycles. The van der Waals surface area contributed by atoms with Gasteiger partial charge >= 0.3 is 5.97 Å². The number of carboxylic acids is 1. The zero-order valence-electron chi connectivity index (χ0n) is 22.1. The van der Waals surface area contributed by atoms with Crippen LogP contribution in [0.25, 0.3) is 0 Å². The normalized spacial score (nSPS) is 43.2. The van der Waals surface area contributed by atoms with Gasteiger partial charge in [-0.3, -0.25) is 4.79 Å². The highest BCUT2D eigenvalue weighted by Crippen LogP contribution is 2.73. The summed E-state index contributed by atoms with van der Waals surface area (Å²) in [6.07, 6.45) is 14.4. The summed E-state index contributed by atoms with van der Waals surface area (Å²) >= 11 is 0. The largest absolute Gasteiger partial charge is 0.478 e. The average molecular weight is 455 g/mol. The van der Waals surface area contributed by atoms with Gasteiger partial charge in [0.05, 0.1) is 0 Å². The third kappa shape index (κ3) is 3.50. The molecule has 3 nitrogen and oxygen atoms in total. The van der Waals surface area contributed by atoms with Crippen molar-refractivity contribution in [2.24, 2.45) is 45.3 Å². The minimum Gasteiger partial charge on any atom is -0.478 e. The van der Waals surface area contributed by atoms with Crippen molar-refractivity contribution in [1.29, 1.82) is 0 Å². The van der Waals surface area contributed by atoms with Crippen molar-refractivity contribution in [2.75, 3.05) is 0 Å². The number of rotatable bonds is 5. The second-order valence-corrected chi connectivity index (χ2v) is 13.3. The maximum Gasteiger partial charge on any atom is 0.330 e. The van der Waals surface area contributed by atoms with Gasteiger partial charge in [0.15, 0.2) is 0 Å². The number of carbonyl (C=O) groups is 2. The third-order valence-electron chi connectivity index (χ3n) is 11.7. The molecule has 0 bridgehead atoms. The molecule has 0 spiro atoms. The van der Waals surface area contributed by atoms with Crippen LogP contribution in [0.3, 0.4) is 0 Å². The molecular formula is C30H46O3. The summed E-state index contributed by atoms with van der Waals surface area (Å²) in [4.78, 5) is 23.9. The van der Waals surface area contributed by atoms with Gasteiger partial charge in [-0.1, -0.05) is 59.3 Å². The molecule has 3 fully saturated rings. The molecular weight excluding hydrogens is 408 g/mol. The first-order valence-electron chi connectivity index (χ1n) is 13.4. The molecule has 184 valence electrons. The van der Waals surface area contributed by atoms with Crippen molar-refractivity contribution in [3.05, 3.63) is 23.3 Å². The van der Waals surface area contributed by atoms with Crippen LogP contribution in [0.1, 0.15) is 106 Å². The van der Waals surface area contributed by atoms with Gasteiger partial charge in [-0.2, -0.15) is 0 Å². The zero-order valence-corrected chi connectivity index (χ0v) is 22.1. The Balaban J connectivity index is 1.59. The number of carboxylic acid groups (broad SMARTS) is 1. The lowest BCUT2D eigenvalue weighted by Gasteiger charge is -2.63. The highest BCUT2D eigenvalue weighted by atomic mass is 16.4. The van der Waals surface area contributed by atoms with Gasteiger partial charge in [-0.15, -0.1) is 0 Å². The predicted molar refractivity (Wildman–Crippen MR) is 134 cm³/mol. The van der Waals surface area contributed by atoms with Crippen LogP contribution in [-0.4, -0.2) is 16.9 Å². The number of carbonyl (C=O) groups excluding carboxylic acids is 1. The monoisotopic (exact) mass is 454 g/mol. The molecule has 0 aromatic carbocycles. The van der Waals surface area contributed by atoms with E-state index in [1.165, 1.54) is 25.7 Å². The maximum atomic E-state index is 12.8. The average Bonchev–Trinajstić information content (AvgIpc) is 3.02. The second kappa shape index (κ2) is 8.09. The van der Waals surface area contributed by atoms with E-state index in [0.29, 0.717) is 40.4 Å². The first-order valence-corrected chi connectivity index (χ1v) is 13.4. The molecule has 0 radical (unpaired) electrons. The van der Waals surface area contributed by atoms with E-state index in [2.05, 4.69) is 47.6 Å². The number of fused-ring (bicyclic) bond motifs is 5. The Morgan fingerprint density at radius 3 is 2.52 bits per heavy atom. The van der Waals surface area contributed by atoms with E-state index in [1.54, 1.807) is 12.5 Å². The Kier molecular flexibility index (Phi) is 6.07. The van der Waals surface area contributed by atoms with Crippen molar-refractivity contribution in [3.63, 3.8) is 0 Å². The Bertz CT molecular complexity index is 894. The van der Waals surface area contributed by atoms with Crippen LogP contribution >= 0.6 is 0 Å². The molecule has 33 heavy (non-hydrogen) atoms. The van der Waals surface area contributed by atoms with E-state index in [-0.39, 0.29) is 16.2 Å². The summed E-state index contributed by atoms with van der Waals surface area (Å²) in [6, 6.07) is 0. The fourth-order valence-electron chi connectivity index (χ4n) is 9.32. The van der Waals surface area contributed by atoms with E-state index >= 15 is 0 Å². The lowest BCUT2D eigenvalue weighted by molar-refractivity contribution is -0.146. The van der Waals surface area contributed by atoms with E-state index < -0.39 is 5.97 Å². The Labute approximate surface area is 201 Å². The van der Waals surface area contributed by atoms with E-state index in [1.807, 2.05) is 6.08 Å². The van der Waals surface area contributed by atoms with Crippen LogP contribution < -0.4 is 0 Å². The van der Waals surface area contributed by atoms with Gasteiger partial charge in [0.25, 0.3) is 0 Å². The summed E-state index contributed by atoms with van der Waals surface area (Å²) < 4.78 is 0. The van der Waals surface area contributed by atoms with Crippen molar-refractivity contribution >= 4 is 11.8 Å². The minimum absolute atomic E-state index is 0.203. The van der Waals surface area contributed by atoms with Gasteiger partial charge in [0, 0.05) is 17.4 Å². The van der Waals surface area contributed by atoms with Gasteiger partial charge in [0.1, 0.15) is 5.78 Å². The van der Waals surface area contributed by atoms with E-state index in [4.69, 9.17) is 5.11 Å². The summed E-state index contributed by atoms with van der Waals surface area (Å²) in [6.45, 7) is 16.2. The molecule has 0 unspecified atom stereocenters. The first-order chi connectivity index (χ1) is 15.3. The molecule has 3 heteroatoms. The molecule has 0 heterocycles. The lowest BCUT2D eigenvalue weighted by atomic mass is 9.41. The molecule has 7 atom stereocenters. The van der Waals surface area contributed by atoms with Gasteiger partial charge in [-0.25, -0.2) is 4.79 Å². The predicted octanol–water partition coefficient (Wildman–Crippen LogP) is 7.61. The summed E-state index contributed by atoms with van der Waals surface area (Å²) in [7, 11) is 0. The van der Waals surface area contributed by atoms with Crippen LogP contribution in [0, 0.1) is 45.3 Å². The van der Waals surface area contributed by atoms with Crippen molar-refractivity contribution in [3.8, 4) is 0 Å². The minimum atomic E-state index is -0.801. The van der Waals surface area contributed by atoms with Gasteiger partial charge < -0.3 is 5.11 Å². The Hall–Kier alpha value is -1.38. The summed E-state index contributed by atoms with van der Waals surface area (Å²) in [5.41, 5.74) is 2.80. The molecule has 4 aliphatic carbocycles. The maximum absolute atomic E-state index is 12.8. The van der Waals surface area contributed by atoms with Crippen LogP contribution in [0.15, 0.2) is 23.3 Å². The number of aliphatic carboxylic acids is 1. The summed E-state index contributed by atoms with van der Waals surface area (Å²) in [5.74, 6) is 2.05. The molecule has 0 aromatic rings. The molecule has 4 aliphatic rings. The highest BCUT2D eigenvalue weighted by Gasteiger charge is 2.65. The zero-order chi connectivity index (χ0) is 24.4. The van der Waals surface area contributed by atoms with Crippen molar-refractivity contribution in [2.45, 2.75) is 106 Å². The van der Waals surface area contributed by atoms with E-state index in [9.17, 15) is 9.59 Å². The van der Waals surface area contributed by atoms with Crippen LogP contribution in [-0.2, 0) is 9.59 Å². The van der Waals surface area contributed by atoms with Crippen LogP contribution in [0.2, 0.25) is 0 Å². The number of allylic oxidation sites excluding steroid dienone is 3. The molecule has 4 rings (SSSR count). The summed E-state index contributed by atoms with van der Waals surface area (Å²) in [5, 5.41) is 9.16. The Morgan fingerprint density at radius 2 is 1.85 bits per heavy atom. The molecule has 0 aliphatic heterocycles. The van der Waals surface area contributed by atoms with Crippen molar-refractivity contribution < 1.29 is 14.7 Å². The molecule has 3 saturated carbocycles.